The molecule has 4 heteroatoms. The summed E-state index contributed by atoms with van der Waals surface area (Å²) >= 11 is 6.91. The van der Waals surface area contributed by atoms with Gasteiger partial charge in [0.1, 0.15) is 0 Å². The molecule has 0 aromatic rings. The van der Waals surface area contributed by atoms with E-state index >= 15 is 0 Å². The highest BCUT2D eigenvalue weighted by Gasteiger charge is 1.98. The van der Waals surface area contributed by atoms with Crippen molar-refractivity contribution in [3.8, 4) is 0 Å². The zero-order chi connectivity index (χ0) is 11.1. The van der Waals surface area contributed by atoms with Gasteiger partial charge >= 0.3 is 0 Å². The molecule has 0 aromatic carbocycles. The average Bonchev–Trinajstić information content (AvgIpc) is 2.22. The van der Waals surface area contributed by atoms with Crippen molar-refractivity contribution < 1.29 is 0 Å². The van der Waals surface area contributed by atoms with Gasteiger partial charge < -0.3 is 5.73 Å². The molecule has 0 aliphatic heterocycles. The Balaban J connectivity index is 4.79. The van der Waals surface area contributed by atoms with Crippen molar-refractivity contribution in [3.63, 3.8) is 0 Å². The van der Waals surface area contributed by atoms with Crippen LogP contribution in [0.2, 0.25) is 0 Å². The first-order chi connectivity index (χ1) is 6.52. The summed E-state index contributed by atoms with van der Waals surface area (Å²) in [6, 6.07) is 0. The zero-order valence-corrected chi connectivity index (χ0v) is 9.95. The van der Waals surface area contributed by atoms with E-state index in [9.17, 15) is 0 Å². The summed E-state index contributed by atoms with van der Waals surface area (Å²) in [4.78, 5) is 0.988. The Bertz CT molecular complexity index is 303. The minimum Gasteiger partial charge on any atom is -0.398 e. The molecule has 0 amide bonds. The average molecular weight is 231 g/mol. The van der Waals surface area contributed by atoms with Gasteiger partial charge in [0.05, 0.1) is 0 Å². The Morgan fingerprint density at radius 1 is 1.36 bits per heavy atom. The van der Waals surface area contributed by atoms with Crippen LogP contribution < -0.4 is 10.9 Å². The van der Waals surface area contributed by atoms with Crippen LogP contribution in [0.5, 0.6) is 0 Å². The highest BCUT2D eigenvalue weighted by molar-refractivity contribution is 8.00. The molecule has 0 saturated carbocycles. The van der Waals surface area contributed by atoms with Crippen molar-refractivity contribution in [3.05, 3.63) is 46.0 Å². The highest BCUT2D eigenvalue weighted by atomic mass is 35.5. The maximum absolute atomic E-state index is 5.79. The zero-order valence-electron chi connectivity index (χ0n) is 8.38. The van der Waals surface area contributed by atoms with Crippen LogP contribution in [0.25, 0.3) is 0 Å². The summed E-state index contributed by atoms with van der Waals surface area (Å²) in [6.07, 6.45) is 4.98. The maximum Gasteiger partial charge on any atom is 0.0400 e. The van der Waals surface area contributed by atoms with E-state index in [4.69, 9.17) is 22.5 Å². The minimum absolute atomic E-state index is 0.554. The van der Waals surface area contributed by atoms with Gasteiger partial charge in [0.2, 0.25) is 0 Å². The van der Waals surface area contributed by atoms with E-state index in [1.165, 1.54) is 11.9 Å². The Labute approximate surface area is 94.5 Å². The molecule has 0 unspecified atom stereocenters. The SMILES string of the molecule is C=C\C(Cl)=C/C=C(N)/C(C)=C(\C)SN. The summed E-state index contributed by atoms with van der Waals surface area (Å²) in [5, 5.41) is 5.97. The molecule has 0 spiro atoms. The predicted octanol–water partition coefficient (Wildman–Crippen LogP) is 3.04. The van der Waals surface area contributed by atoms with E-state index < -0.39 is 0 Å². The van der Waals surface area contributed by atoms with Gasteiger partial charge in [0.25, 0.3) is 0 Å². The normalized spacial score (nSPS) is 15.1. The second kappa shape index (κ2) is 6.76. The van der Waals surface area contributed by atoms with Crippen molar-refractivity contribution in [2.24, 2.45) is 10.9 Å². The molecule has 0 aliphatic carbocycles. The van der Waals surface area contributed by atoms with Gasteiger partial charge in [-0.3, -0.25) is 5.14 Å². The van der Waals surface area contributed by atoms with Crippen molar-refractivity contribution in [2.75, 3.05) is 0 Å². The van der Waals surface area contributed by atoms with E-state index in [1.54, 1.807) is 18.2 Å². The number of hydrogen-bond donors (Lipinski definition) is 2. The van der Waals surface area contributed by atoms with Gasteiger partial charge in [-0.25, -0.2) is 0 Å². The fraction of sp³-hybridized carbons (Fsp3) is 0.200. The quantitative estimate of drug-likeness (QED) is 0.577. The van der Waals surface area contributed by atoms with Crippen molar-refractivity contribution in [2.45, 2.75) is 13.8 Å². The molecule has 0 saturated heterocycles. The summed E-state index contributed by atoms with van der Waals surface area (Å²) in [5.41, 5.74) is 7.41. The van der Waals surface area contributed by atoms with Crippen LogP contribution >= 0.6 is 23.5 Å². The Hall–Kier alpha value is -0.640. The van der Waals surface area contributed by atoms with Crippen molar-refractivity contribution >= 4 is 23.5 Å². The fourth-order valence-electron chi connectivity index (χ4n) is 0.654. The van der Waals surface area contributed by atoms with E-state index in [1.807, 2.05) is 13.8 Å². The van der Waals surface area contributed by atoms with E-state index in [-0.39, 0.29) is 0 Å². The summed E-state index contributed by atoms with van der Waals surface area (Å²) in [7, 11) is 0. The predicted molar refractivity (Wildman–Crippen MR) is 66.6 cm³/mol. The lowest BCUT2D eigenvalue weighted by molar-refractivity contribution is 1.26. The van der Waals surface area contributed by atoms with Crippen LogP contribution in [0.15, 0.2) is 46.0 Å². The molecular formula is C10H15ClN2S. The lowest BCUT2D eigenvalue weighted by Crippen LogP contribution is -2.00. The molecular weight excluding hydrogens is 216 g/mol. The minimum atomic E-state index is 0.554. The number of rotatable bonds is 4. The summed E-state index contributed by atoms with van der Waals surface area (Å²) < 4.78 is 0. The number of allylic oxidation sites excluding steroid dienone is 6. The number of hydrogen-bond acceptors (Lipinski definition) is 3. The Morgan fingerprint density at radius 2 is 1.93 bits per heavy atom. The number of halogens is 1. The van der Waals surface area contributed by atoms with E-state index in [0.717, 1.165) is 10.5 Å². The van der Waals surface area contributed by atoms with Crippen LogP contribution in [0, 0.1) is 0 Å². The third kappa shape index (κ3) is 4.56. The number of nitrogens with two attached hydrogens (primary N) is 2. The first-order valence-corrected chi connectivity index (χ1v) is 5.28. The van der Waals surface area contributed by atoms with Crippen molar-refractivity contribution in [1.82, 2.24) is 0 Å². The summed E-state index contributed by atoms with van der Waals surface area (Å²) in [5.74, 6) is 0. The van der Waals surface area contributed by atoms with Crippen molar-refractivity contribution in [1.29, 1.82) is 0 Å². The topological polar surface area (TPSA) is 52.0 Å². The van der Waals surface area contributed by atoms with Crippen LogP contribution in [0.1, 0.15) is 13.8 Å². The Morgan fingerprint density at radius 3 is 2.36 bits per heavy atom. The van der Waals surface area contributed by atoms with Crippen LogP contribution in [0.4, 0.5) is 0 Å². The van der Waals surface area contributed by atoms with Crippen LogP contribution in [-0.4, -0.2) is 0 Å². The molecule has 4 N–H and O–H groups in total. The molecule has 0 aromatic heterocycles. The smallest absolute Gasteiger partial charge is 0.0400 e. The van der Waals surface area contributed by atoms with Gasteiger partial charge in [0, 0.05) is 15.6 Å². The molecule has 78 valence electrons. The molecule has 0 aliphatic rings. The third-order valence-electron chi connectivity index (χ3n) is 1.75. The molecule has 0 heterocycles. The second-order valence-corrected chi connectivity index (χ2v) is 3.96. The molecule has 14 heavy (non-hydrogen) atoms. The summed E-state index contributed by atoms with van der Waals surface area (Å²) in [6.45, 7) is 7.36. The molecule has 0 radical (unpaired) electrons. The van der Waals surface area contributed by atoms with Crippen LogP contribution in [-0.2, 0) is 0 Å². The lowest BCUT2D eigenvalue weighted by Gasteiger charge is -2.04. The molecule has 0 rings (SSSR count). The largest absolute Gasteiger partial charge is 0.398 e. The first kappa shape index (κ1) is 13.4. The van der Waals surface area contributed by atoms with Crippen LogP contribution in [0.3, 0.4) is 0 Å². The van der Waals surface area contributed by atoms with Gasteiger partial charge in [-0.15, -0.1) is 0 Å². The van der Waals surface area contributed by atoms with Gasteiger partial charge in [0.15, 0.2) is 0 Å². The molecule has 0 bridgehead atoms. The van der Waals surface area contributed by atoms with Gasteiger partial charge in [-0.2, -0.15) is 0 Å². The fourth-order valence-corrected chi connectivity index (χ4v) is 1.01. The Kier molecular flexibility index (Phi) is 6.45. The second-order valence-electron chi connectivity index (χ2n) is 2.68. The lowest BCUT2D eigenvalue weighted by atomic mass is 10.2. The standard InChI is InChI=1S/C10H15ClN2S/c1-4-9(11)5-6-10(12)7(2)8(3)14-13/h4-6H,1,12-13H2,2-3H3/b8-7+,9-5+,10-6-. The molecule has 0 atom stereocenters. The maximum atomic E-state index is 5.79. The third-order valence-corrected chi connectivity index (χ3v) is 2.70. The first-order valence-electron chi connectivity index (χ1n) is 4.03. The van der Waals surface area contributed by atoms with Gasteiger partial charge in [-0.05, 0) is 31.6 Å². The van der Waals surface area contributed by atoms with E-state index in [2.05, 4.69) is 6.58 Å². The highest BCUT2D eigenvalue weighted by Crippen LogP contribution is 2.17. The van der Waals surface area contributed by atoms with Gasteiger partial charge in [-0.1, -0.05) is 36.2 Å². The monoisotopic (exact) mass is 230 g/mol. The van der Waals surface area contributed by atoms with E-state index in [0.29, 0.717) is 10.7 Å². The molecule has 0 fully saturated rings. The molecule has 2 nitrogen and oxygen atoms in total.